The number of hydrogen-bond donors (Lipinski definition) is 1. The van der Waals surface area contributed by atoms with Crippen molar-refractivity contribution in [3.8, 4) is 0 Å². The van der Waals surface area contributed by atoms with Gasteiger partial charge in [0.1, 0.15) is 0 Å². The second-order valence-corrected chi connectivity index (χ2v) is 6.96. The monoisotopic (exact) mass is 306 g/mol. The Hall–Kier alpha value is -1.04. The van der Waals surface area contributed by atoms with Gasteiger partial charge >= 0.3 is 0 Å². The molecule has 1 atom stereocenters. The molecule has 0 aromatic heterocycles. The average Bonchev–Trinajstić information content (AvgIpc) is 2.91. The van der Waals surface area contributed by atoms with Crippen LogP contribution in [0.3, 0.4) is 0 Å². The number of β-amino-alcohol motifs (C(OH)–C–C–N with tert-alkyl or cyclic N) is 1. The Morgan fingerprint density at radius 3 is 2.81 bits per heavy atom. The zero-order valence-electron chi connectivity index (χ0n) is 12.4. The summed E-state index contributed by atoms with van der Waals surface area (Å²) in [7, 11) is 0. The molecule has 1 N–H and O–H groups in total. The lowest BCUT2D eigenvalue weighted by Gasteiger charge is -2.28. The summed E-state index contributed by atoms with van der Waals surface area (Å²) >= 11 is 1.98. The number of aliphatic hydroxyl groups excluding tert-OH is 1. The number of thioether (sulfide) groups is 1. The van der Waals surface area contributed by atoms with E-state index in [1.54, 1.807) is 6.92 Å². The second-order valence-electron chi connectivity index (χ2n) is 5.74. The van der Waals surface area contributed by atoms with E-state index in [1.165, 1.54) is 5.56 Å². The number of carbonyl (C=O) groups is 1. The van der Waals surface area contributed by atoms with Crippen molar-refractivity contribution in [3.05, 3.63) is 29.3 Å². The van der Waals surface area contributed by atoms with Gasteiger partial charge in [0.25, 0.3) is 0 Å². The summed E-state index contributed by atoms with van der Waals surface area (Å²) in [6.45, 7) is 5.19. The van der Waals surface area contributed by atoms with Gasteiger partial charge < -0.3 is 10.0 Å². The molecule has 114 valence electrons. The van der Waals surface area contributed by atoms with E-state index < -0.39 is 6.10 Å². The fourth-order valence-corrected chi connectivity index (χ4v) is 4.07. The van der Waals surface area contributed by atoms with Crippen LogP contribution in [0, 0.1) is 0 Å². The van der Waals surface area contributed by atoms with Crippen LogP contribution >= 0.6 is 11.8 Å². The van der Waals surface area contributed by atoms with E-state index in [9.17, 15) is 9.90 Å². The van der Waals surface area contributed by atoms with E-state index in [4.69, 9.17) is 0 Å². The predicted octanol–water partition coefficient (Wildman–Crippen LogP) is 1.68. The molecule has 1 unspecified atom stereocenters. The van der Waals surface area contributed by atoms with Crippen LogP contribution in [0.15, 0.2) is 18.2 Å². The molecule has 1 amide bonds. The van der Waals surface area contributed by atoms with E-state index >= 15 is 0 Å². The zero-order valence-corrected chi connectivity index (χ0v) is 13.2. The van der Waals surface area contributed by atoms with Gasteiger partial charge in [-0.25, -0.2) is 0 Å². The van der Waals surface area contributed by atoms with Gasteiger partial charge in [0.15, 0.2) is 0 Å². The number of benzene rings is 1. The summed E-state index contributed by atoms with van der Waals surface area (Å²) in [5.41, 5.74) is 3.15. The molecule has 0 saturated carbocycles. The number of amides is 1. The first-order valence-electron chi connectivity index (χ1n) is 7.54. The molecule has 0 bridgehead atoms. The third-order valence-corrected chi connectivity index (χ3v) is 5.24. The van der Waals surface area contributed by atoms with Crippen LogP contribution in [0.4, 0.5) is 5.69 Å². The molecule has 1 fully saturated rings. The summed E-state index contributed by atoms with van der Waals surface area (Å²) < 4.78 is 0. The highest BCUT2D eigenvalue weighted by Gasteiger charge is 2.24. The molecule has 0 spiro atoms. The van der Waals surface area contributed by atoms with Crippen molar-refractivity contribution < 1.29 is 9.90 Å². The third kappa shape index (κ3) is 3.25. The van der Waals surface area contributed by atoms with Crippen molar-refractivity contribution >= 4 is 23.4 Å². The smallest absolute Gasteiger partial charge is 0.223 e. The van der Waals surface area contributed by atoms with Gasteiger partial charge in [-0.1, -0.05) is 12.1 Å². The van der Waals surface area contributed by atoms with Crippen LogP contribution in [-0.2, 0) is 11.2 Å². The standard InChI is InChI=1S/C16H22N2O2S/c1-12(19)18-5-4-13-10-14(2-3-15(13)18)16(20)11-17-6-8-21-9-7-17/h2-3,10,16,20H,4-9,11H2,1H3. The number of rotatable bonds is 3. The number of fused-ring (bicyclic) bond motifs is 1. The van der Waals surface area contributed by atoms with Gasteiger partial charge in [-0.05, 0) is 23.6 Å². The molecule has 0 radical (unpaired) electrons. The lowest BCUT2D eigenvalue weighted by Crippen LogP contribution is -2.35. The summed E-state index contributed by atoms with van der Waals surface area (Å²) in [5, 5.41) is 10.5. The van der Waals surface area contributed by atoms with Gasteiger partial charge in [-0.3, -0.25) is 9.69 Å². The molecule has 1 aromatic carbocycles. The van der Waals surface area contributed by atoms with Crippen LogP contribution < -0.4 is 4.90 Å². The van der Waals surface area contributed by atoms with Crippen LogP contribution in [0.5, 0.6) is 0 Å². The lowest BCUT2D eigenvalue weighted by molar-refractivity contribution is -0.116. The first-order chi connectivity index (χ1) is 10.1. The molecule has 21 heavy (non-hydrogen) atoms. The Morgan fingerprint density at radius 2 is 2.10 bits per heavy atom. The number of hydrogen-bond acceptors (Lipinski definition) is 4. The molecular formula is C16H22N2O2S. The second kappa shape index (κ2) is 6.38. The molecule has 4 nitrogen and oxygen atoms in total. The van der Waals surface area contributed by atoms with E-state index in [0.717, 1.165) is 48.8 Å². The minimum atomic E-state index is -0.440. The summed E-state index contributed by atoms with van der Waals surface area (Å²) in [6.07, 6.45) is 0.445. The fourth-order valence-electron chi connectivity index (χ4n) is 3.09. The van der Waals surface area contributed by atoms with Gasteiger partial charge in [0.05, 0.1) is 6.10 Å². The molecule has 3 rings (SSSR count). The number of aliphatic hydroxyl groups is 1. The summed E-state index contributed by atoms with van der Waals surface area (Å²) in [6, 6.07) is 6.01. The Labute approximate surface area is 130 Å². The number of nitrogens with zero attached hydrogens (tertiary/aromatic N) is 2. The lowest BCUT2D eigenvalue weighted by atomic mass is 10.0. The molecule has 2 aliphatic rings. The van der Waals surface area contributed by atoms with Crippen LogP contribution in [0.1, 0.15) is 24.2 Å². The van der Waals surface area contributed by atoms with Crippen LogP contribution in [0.2, 0.25) is 0 Å². The average molecular weight is 306 g/mol. The highest BCUT2D eigenvalue weighted by Crippen LogP contribution is 2.31. The minimum absolute atomic E-state index is 0.0906. The van der Waals surface area contributed by atoms with E-state index in [-0.39, 0.29) is 5.91 Å². The molecule has 1 saturated heterocycles. The quantitative estimate of drug-likeness (QED) is 0.923. The van der Waals surface area contributed by atoms with Crippen molar-refractivity contribution in [1.29, 1.82) is 0 Å². The Bertz CT molecular complexity index is 529. The summed E-state index contributed by atoms with van der Waals surface area (Å²) in [4.78, 5) is 15.7. The van der Waals surface area contributed by atoms with Crippen molar-refractivity contribution in [2.75, 3.05) is 42.6 Å². The van der Waals surface area contributed by atoms with Gasteiger partial charge in [0.2, 0.25) is 5.91 Å². The molecule has 2 aliphatic heterocycles. The van der Waals surface area contributed by atoms with Gasteiger partial charge in [-0.15, -0.1) is 0 Å². The van der Waals surface area contributed by atoms with Crippen molar-refractivity contribution in [2.24, 2.45) is 0 Å². The maximum absolute atomic E-state index is 11.6. The van der Waals surface area contributed by atoms with Crippen molar-refractivity contribution in [2.45, 2.75) is 19.4 Å². The fraction of sp³-hybridized carbons (Fsp3) is 0.562. The summed E-state index contributed by atoms with van der Waals surface area (Å²) in [5.74, 6) is 2.41. The molecule has 2 heterocycles. The zero-order chi connectivity index (χ0) is 14.8. The number of anilines is 1. The predicted molar refractivity (Wildman–Crippen MR) is 86.9 cm³/mol. The van der Waals surface area contributed by atoms with Gasteiger partial charge in [0, 0.05) is 50.3 Å². The Morgan fingerprint density at radius 1 is 1.33 bits per heavy atom. The maximum atomic E-state index is 11.6. The topological polar surface area (TPSA) is 43.8 Å². The van der Waals surface area contributed by atoms with E-state index in [1.807, 2.05) is 28.8 Å². The van der Waals surface area contributed by atoms with Crippen molar-refractivity contribution in [3.63, 3.8) is 0 Å². The molecular weight excluding hydrogens is 284 g/mol. The number of carbonyl (C=O) groups excluding carboxylic acids is 1. The largest absolute Gasteiger partial charge is 0.387 e. The van der Waals surface area contributed by atoms with Crippen molar-refractivity contribution in [1.82, 2.24) is 4.90 Å². The van der Waals surface area contributed by atoms with Crippen LogP contribution in [0.25, 0.3) is 0 Å². The minimum Gasteiger partial charge on any atom is -0.387 e. The van der Waals surface area contributed by atoms with E-state index in [2.05, 4.69) is 11.0 Å². The van der Waals surface area contributed by atoms with Gasteiger partial charge in [-0.2, -0.15) is 11.8 Å². The first kappa shape index (κ1) is 14.9. The highest BCUT2D eigenvalue weighted by atomic mass is 32.2. The third-order valence-electron chi connectivity index (χ3n) is 4.30. The molecule has 1 aromatic rings. The maximum Gasteiger partial charge on any atom is 0.223 e. The molecule has 0 aliphatic carbocycles. The normalized spacial score (nSPS) is 20.4. The Kier molecular flexibility index (Phi) is 4.52. The van der Waals surface area contributed by atoms with E-state index in [0.29, 0.717) is 6.54 Å². The Balaban J connectivity index is 1.70. The van der Waals surface area contributed by atoms with Crippen LogP contribution in [-0.4, -0.2) is 53.6 Å². The SMILES string of the molecule is CC(=O)N1CCc2cc(C(O)CN3CCSCC3)ccc21. The highest BCUT2D eigenvalue weighted by molar-refractivity contribution is 7.99. The molecule has 5 heteroatoms. The first-order valence-corrected chi connectivity index (χ1v) is 8.70.